The first-order valence-corrected chi connectivity index (χ1v) is 8.96. The first-order valence-electron chi connectivity index (χ1n) is 8.96. The summed E-state index contributed by atoms with van der Waals surface area (Å²) < 4.78 is 11.5. The Bertz CT molecular complexity index is 1190. The summed E-state index contributed by atoms with van der Waals surface area (Å²) in [4.78, 5) is 40.7. The number of hydrogen-bond acceptors (Lipinski definition) is 6. The third-order valence-electron chi connectivity index (χ3n) is 4.79. The highest BCUT2D eigenvalue weighted by Crippen LogP contribution is 2.36. The van der Waals surface area contributed by atoms with Gasteiger partial charge in [-0.3, -0.25) is 14.4 Å². The second-order valence-electron chi connectivity index (χ2n) is 7.07. The Morgan fingerprint density at radius 1 is 0.964 bits per heavy atom. The maximum atomic E-state index is 13.4. The molecular formula is C22H19NO5. The molecule has 0 aliphatic heterocycles. The Morgan fingerprint density at radius 2 is 1.71 bits per heavy atom. The van der Waals surface area contributed by atoms with Gasteiger partial charge in [-0.15, -0.1) is 0 Å². The number of hydrogen-bond donors (Lipinski definition) is 0. The van der Waals surface area contributed by atoms with Crippen molar-refractivity contribution in [2.24, 2.45) is 0 Å². The molecule has 6 heteroatoms. The van der Waals surface area contributed by atoms with Crippen molar-refractivity contribution >= 4 is 22.5 Å². The molecule has 0 N–H and O–H groups in total. The topological polar surface area (TPSA) is 76.8 Å². The van der Waals surface area contributed by atoms with Crippen molar-refractivity contribution in [1.29, 1.82) is 0 Å². The number of likely N-dealkylation sites (N-methyl/N-ethyl adjacent to an activating group) is 1. The summed E-state index contributed by atoms with van der Waals surface area (Å²) in [5.41, 5.74) is 0.783. The Labute approximate surface area is 161 Å². The number of aryl methyl sites for hydroxylation is 1. The molecule has 2 aromatic carbocycles. The molecule has 0 saturated heterocycles. The summed E-state index contributed by atoms with van der Waals surface area (Å²) in [6.45, 7) is 2.68. The average Bonchev–Trinajstić information content (AvgIpc) is 2.64. The van der Waals surface area contributed by atoms with Crippen LogP contribution in [0.25, 0.3) is 11.0 Å². The summed E-state index contributed by atoms with van der Waals surface area (Å²) in [7, 11) is 3.84. The van der Waals surface area contributed by atoms with Crippen LogP contribution in [0.5, 0.6) is 5.75 Å². The number of rotatable bonds is 4. The molecule has 0 spiro atoms. The zero-order valence-electron chi connectivity index (χ0n) is 15.9. The molecule has 0 saturated carbocycles. The van der Waals surface area contributed by atoms with E-state index in [0.29, 0.717) is 30.2 Å². The third-order valence-corrected chi connectivity index (χ3v) is 4.79. The van der Waals surface area contributed by atoms with Crippen molar-refractivity contribution in [3.05, 3.63) is 74.6 Å². The fourth-order valence-electron chi connectivity index (χ4n) is 3.43. The van der Waals surface area contributed by atoms with E-state index in [1.807, 2.05) is 19.0 Å². The number of nitrogens with zero attached hydrogens (tertiary/aromatic N) is 1. The van der Waals surface area contributed by atoms with Gasteiger partial charge in [-0.2, -0.15) is 0 Å². The zero-order chi connectivity index (χ0) is 20.0. The van der Waals surface area contributed by atoms with Gasteiger partial charge in [0.1, 0.15) is 23.7 Å². The fraction of sp³-hybridized carbons (Fsp3) is 0.227. The van der Waals surface area contributed by atoms with E-state index < -0.39 is 0 Å². The van der Waals surface area contributed by atoms with Crippen LogP contribution < -0.4 is 10.2 Å². The summed E-state index contributed by atoms with van der Waals surface area (Å²) in [6, 6.07) is 9.42. The first kappa shape index (κ1) is 18.1. The van der Waals surface area contributed by atoms with Crippen molar-refractivity contribution in [3.8, 4) is 5.75 Å². The molecule has 3 aromatic rings. The molecule has 28 heavy (non-hydrogen) atoms. The van der Waals surface area contributed by atoms with E-state index in [1.54, 1.807) is 25.1 Å². The highest BCUT2D eigenvalue weighted by atomic mass is 16.5. The summed E-state index contributed by atoms with van der Waals surface area (Å²) >= 11 is 0. The molecule has 1 aliphatic carbocycles. The lowest BCUT2D eigenvalue weighted by Crippen LogP contribution is -2.24. The lowest BCUT2D eigenvalue weighted by molar-refractivity contribution is 0.0975. The van der Waals surface area contributed by atoms with E-state index in [-0.39, 0.29) is 44.7 Å². The molecule has 1 heterocycles. The molecule has 0 radical (unpaired) electrons. The number of carbonyl (C=O) groups is 2. The van der Waals surface area contributed by atoms with Crippen LogP contribution in [0.3, 0.4) is 0 Å². The van der Waals surface area contributed by atoms with Gasteiger partial charge in [0.25, 0.3) is 0 Å². The van der Waals surface area contributed by atoms with Crippen LogP contribution in [0, 0.1) is 6.92 Å². The largest absolute Gasteiger partial charge is 0.491 e. The van der Waals surface area contributed by atoms with Gasteiger partial charge in [0.05, 0.1) is 16.5 Å². The van der Waals surface area contributed by atoms with Crippen molar-refractivity contribution in [2.45, 2.75) is 6.92 Å². The van der Waals surface area contributed by atoms with E-state index in [4.69, 9.17) is 9.15 Å². The number of ketones is 2. The second-order valence-corrected chi connectivity index (χ2v) is 7.07. The van der Waals surface area contributed by atoms with Crippen molar-refractivity contribution in [1.82, 2.24) is 4.90 Å². The van der Waals surface area contributed by atoms with Crippen molar-refractivity contribution in [3.63, 3.8) is 0 Å². The second kappa shape index (κ2) is 6.73. The zero-order valence-corrected chi connectivity index (χ0v) is 15.9. The maximum Gasteiger partial charge on any atom is 0.202 e. The first-order chi connectivity index (χ1) is 13.4. The van der Waals surface area contributed by atoms with Gasteiger partial charge < -0.3 is 14.1 Å². The number of carbonyl (C=O) groups excluding carboxylic acids is 2. The van der Waals surface area contributed by atoms with Crippen LogP contribution in [0.2, 0.25) is 0 Å². The van der Waals surface area contributed by atoms with E-state index in [9.17, 15) is 14.4 Å². The van der Waals surface area contributed by atoms with Gasteiger partial charge in [-0.25, -0.2) is 0 Å². The lowest BCUT2D eigenvalue weighted by atomic mass is 9.82. The maximum absolute atomic E-state index is 13.4. The lowest BCUT2D eigenvalue weighted by Gasteiger charge is -2.21. The Kier molecular flexibility index (Phi) is 4.35. The minimum absolute atomic E-state index is 0.124. The third kappa shape index (κ3) is 2.82. The minimum Gasteiger partial charge on any atom is -0.491 e. The smallest absolute Gasteiger partial charge is 0.202 e. The van der Waals surface area contributed by atoms with Gasteiger partial charge in [0, 0.05) is 23.7 Å². The van der Waals surface area contributed by atoms with Gasteiger partial charge in [0.2, 0.25) is 5.78 Å². The molecule has 0 atom stereocenters. The van der Waals surface area contributed by atoms with Crippen LogP contribution in [-0.4, -0.2) is 43.7 Å². The number of benzene rings is 2. The van der Waals surface area contributed by atoms with E-state index in [0.717, 1.165) is 0 Å². The van der Waals surface area contributed by atoms with Gasteiger partial charge >= 0.3 is 0 Å². The Morgan fingerprint density at radius 3 is 2.46 bits per heavy atom. The van der Waals surface area contributed by atoms with E-state index >= 15 is 0 Å². The molecule has 6 nitrogen and oxygen atoms in total. The van der Waals surface area contributed by atoms with Crippen LogP contribution in [0.1, 0.15) is 37.6 Å². The Hall–Kier alpha value is -3.25. The SMILES string of the molecule is Cc1cc(=O)c2ccc3c(c2o1)C(=O)c1c(OCCN(C)C)cccc1C3=O. The van der Waals surface area contributed by atoms with Crippen molar-refractivity contribution in [2.75, 3.05) is 27.2 Å². The molecule has 142 valence electrons. The normalized spacial score (nSPS) is 13.0. The van der Waals surface area contributed by atoms with Gasteiger partial charge in [-0.1, -0.05) is 12.1 Å². The number of ether oxygens (including phenoxy) is 1. The standard InChI is InChI=1S/C22H19NO5/c1-12-11-16(24)13-7-8-15-19(22(13)28-12)21(26)18-14(20(15)25)5-4-6-17(18)27-10-9-23(2)3/h4-8,11H,9-10H2,1-3H3. The quantitative estimate of drug-likeness (QED) is 0.544. The van der Waals surface area contributed by atoms with Gasteiger partial charge in [0.15, 0.2) is 11.2 Å². The summed E-state index contributed by atoms with van der Waals surface area (Å²) in [5.74, 6) is 0.0842. The fourth-order valence-corrected chi connectivity index (χ4v) is 3.43. The van der Waals surface area contributed by atoms with E-state index in [1.165, 1.54) is 18.2 Å². The molecule has 1 aromatic heterocycles. The monoisotopic (exact) mass is 377 g/mol. The molecule has 0 bridgehead atoms. The number of fused-ring (bicyclic) bond motifs is 4. The van der Waals surface area contributed by atoms with Crippen LogP contribution in [0.15, 0.2) is 45.6 Å². The summed E-state index contributed by atoms with van der Waals surface area (Å²) in [5, 5.41) is 0.278. The minimum atomic E-state index is -0.371. The molecule has 1 aliphatic rings. The predicted octanol–water partition coefficient (Wildman–Crippen LogP) is 2.82. The van der Waals surface area contributed by atoms with Crippen molar-refractivity contribution < 1.29 is 18.7 Å². The summed E-state index contributed by atoms with van der Waals surface area (Å²) in [6.07, 6.45) is 0. The molecule has 0 unspecified atom stereocenters. The molecular weight excluding hydrogens is 358 g/mol. The van der Waals surface area contributed by atoms with Crippen LogP contribution in [-0.2, 0) is 0 Å². The van der Waals surface area contributed by atoms with Crippen LogP contribution in [0.4, 0.5) is 0 Å². The van der Waals surface area contributed by atoms with Gasteiger partial charge in [-0.05, 0) is 39.2 Å². The highest BCUT2D eigenvalue weighted by Gasteiger charge is 2.35. The molecule has 0 fully saturated rings. The highest BCUT2D eigenvalue weighted by molar-refractivity contribution is 6.32. The van der Waals surface area contributed by atoms with E-state index in [2.05, 4.69) is 0 Å². The van der Waals surface area contributed by atoms with Crippen LogP contribution >= 0.6 is 0 Å². The average molecular weight is 377 g/mol. The predicted molar refractivity (Wildman–Crippen MR) is 105 cm³/mol. The molecule has 4 rings (SSSR count). The molecule has 0 amide bonds. The Balaban J connectivity index is 1.91.